The molecule has 0 saturated heterocycles. The summed E-state index contributed by atoms with van der Waals surface area (Å²) in [4.78, 5) is 1.98. The predicted molar refractivity (Wildman–Crippen MR) is 68.6 cm³/mol. The first-order valence-electron chi connectivity index (χ1n) is 5.35. The molecule has 0 aliphatic heterocycles. The van der Waals surface area contributed by atoms with E-state index in [1.54, 1.807) is 0 Å². The number of rotatable bonds is 2. The van der Waals surface area contributed by atoms with Gasteiger partial charge in [-0.15, -0.1) is 0 Å². The van der Waals surface area contributed by atoms with Crippen molar-refractivity contribution in [1.82, 2.24) is 9.61 Å². The third kappa shape index (κ3) is 1.76. The summed E-state index contributed by atoms with van der Waals surface area (Å²) in [5.41, 5.74) is 3.30. The van der Waals surface area contributed by atoms with Gasteiger partial charge in [0, 0.05) is 19.7 Å². The number of halogens is 1. The normalized spacial score (nSPS) is 11.4. The molecular formula is C12H16ClN3. The van der Waals surface area contributed by atoms with Crippen molar-refractivity contribution >= 4 is 22.8 Å². The Kier molecular flexibility index (Phi) is 2.80. The molecule has 0 unspecified atom stereocenters. The Bertz CT molecular complexity index is 514. The number of anilines is 1. The lowest BCUT2D eigenvalue weighted by Crippen LogP contribution is -2.10. The summed E-state index contributed by atoms with van der Waals surface area (Å²) in [6.45, 7) is 4.32. The first-order valence-corrected chi connectivity index (χ1v) is 5.72. The van der Waals surface area contributed by atoms with Crippen LogP contribution in [0, 0.1) is 0 Å². The molecule has 0 N–H and O–H groups in total. The van der Waals surface area contributed by atoms with Crippen molar-refractivity contribution in [3.8, 4) is 0 Å². The monoisotopic (exact) mass is 237 g/mol. The summed E-state index contributed by atoms with van der Waals surface area (Å²) in [6.07, 6.45) is 3.87. The van der Waals surface area contributed by atoms with Crippen LogP contribution in [0.3, 0.4) is 0 Å². The molecule has 3 nitrogen and oxygen atoms in total. The van der Waals surface area contributed by atoms with Gasteiger partial charge in [-0.05, 0) is 12.0 Å². The maximum Gasteiger partial charge on any atom is 0.0737 e. The summed E-state index contributed by atoms with van der Waals surface area (Å²) < 4.78 is 1.89. The molecule has 2 heterocycles. The van der Waals surface area contributed by atoms with E-state index in [0.29, 0.717) is 5.92 Å². The first kappa shape index (κ1) is 11.3. The number of nitrogens with zero attached hydrogens (tertiary/aromatic N) is 3. The molecule has 4 heteroatoms. The van der Waals surface area contributed by atoms with Crippen LogP contribution in [0.15, 0.2) is 18.5 Å². The highest BCUT2D eigenvalue weighted by molar-refractivity contribution is 6.33. The lowest BCUT2D eigenvalue weighted by Gasteiger charge is -2.14. The van der Waals surface area contributed by atoms with Gasteiger partial charge in [0.1, 0.15) is 0 Å². The minimum atomic E-state index is 0.457. The molecule has 0 bridgehead atoms. The molecule has 0 atom stereocenters. The van der Waals surface area contributed by atoms with Crippen molar-refractivity contribution in [2.45, 2.75) is 19.8 Å². The molecule has 0 aliphatic rings. The van der Waals surface area contributed by atoms with Crippen LogP contribution in [0.25, 0.3) is 5.52 Å². The Morgan fingerprint density at radius 3 is 2.62 bits per heavy atom. The van der Waals surface area contributed by atoms with Gasteiger partial charge in [-0.3, -0.25) is 0 Å². The zero-order valence-corrected chi connectivity index (χ0v) is 10.8. The fraction of sp³-hybridized carbons (Fsp3) is 0.417. The summed E-state index contributed by atoms with van der Waals surface area (Å²) in [7, 11) is 3.94. The van der Waals surface area contributed by atoms with Crippen LogP contribution in [0.4, 0.5) is 5.69 Å². The minimum absolute atomic E-state index is 0.457. The average Bonchev–Trinajstić information content (AvgIpc) is 2.58. The van der Waals surface area contributed by atoms with Crippen molar-refractivity contribution < 1.29 is 0 Å². The van der Waals surface area contributed by atoms with E-state index in [0.717, 1.165) is 16.2 Å². The van der Waals surface area contributed by atoms with Crippen LogP contribution < -0.4 is 4.90 Å². The Hall–Kier alpha value is -1.22. The van der Waals surface area contributed by atoms with Crippen LogP contribution in [0.1, 0.15) is 25.3 Å². The Labute approximate surface area is 101 Å². The molecule has 2 rings (SSSR count). The Morgan fingerprint density at radius 2 is 2.06 bits per heavy atom. The summed E-state index contributed by atoms with van der Waals surface area (Å²) >= 11 is 6.25. The van der Waals surface area contributed by atoms with Crippen LogP contribution in [-0.4, -0.2) is 23.7 Å². The van der Waals surface area contributed by atoms with Gasteiger partial charge < -0.3 is 4.90 Å². The smallest absolute Gasteiger partial charge is 0.0737 e. The summed E-state index contributed by atoms with van der Waals surface area (Å²) in [6, 6.07) is 1.99. The number of pyridine rings is 1. The Morgan fingerprint density at radius 1 is 1.38 bits per heavy atom. The van der Waals surface area contributed by atoms with E-state index < -0.39 is 0 Å². The molecule has 86 valence electrons. The van der Waals surface area contributed by atoms with Crippen LogP contribution in [-0.2, 0) is 0 Å². The van der Waals surface area contributed by atoms with E-state index in [1.165, 1.54) is 5.56 Å². The molecule has 2 aromatic rings. The van der Waals surface area contributed by atoms with E-state index in [-0.39, 0.29) is 0 Å². The van der Waals surface area contributed by atoms with Gasteiger partial charge in [0.2, 0.25) is 0 Å². The Balaban J connectivity index is 2.66. The molecule has 0 fully saturated rings. The SMILES string of the molecule is CC(C)c1cnn2cc(N(C)C)c(Cl)cc12. The first-order chi connectivity index (χ1) is 7.50. The fourth-order valence-electron chi connectivity index (χ4n) is 1.78. The van der Waals surface area contributed by atoms with Crippen molar-refractivity contribution in [1.29, 1.82) is 0 Å². The van der Waals surface area contributed by atoms with E-state index in [4.69, 9.17) is 11.6 Å². The minimum Gasteiger partial charge on any atom is -0.375 e. The van der Waals surface area contributed by atoms with Crippen molar-refractivity contribution in [3.05, 3.63) is 29.0 Å². The quantitative estimate of drug-likeness (QED) is 0.800. The second-order valence-electron chi connectivity index (χ2n) is 4.49. The lowest BCUT2D eigenvalue weighted by molar-refractivity contribution is 0.875. The molecule has 16 heavy (non-hydrogen) atoms. The van der Waals surface area contributed by atoms with Gasteiger partial charge in [-0.1, -0.05) is 25.4 Å². The molecule has 0 amide bonds. The van der Waals surface area contributed by atoms with E-state index in [2.05, 4.69) is 18.9 Å². The summed E-state index contributed by atoms with van der Waals surface area (Å²) in [5.74, 6) is 0.457. The number of hydrogen-bond donors (Lipinski definition) is 0. The lowest BCUT2D eigenvalue weighted by atomic mass is 10.1. The van der Waals surface area contributed by atoms with Crippen LogP contribution >= 0.6 is 11.6 Å². The topological polar surface area (TPSA) is 20.5 Å². The maximum atomic E-state index is 6.25. The van der Waals surface area contributed by atoms with Gasteiger partial charge in [-0.2, -0.15) is 5.10 Å². The summed E-state index contributed by atoms with van der Waals surface area (Å²) in [5, 5.41) is 5.12. The second kappa shape index (κ2) is 3.98. The zero-order chi connectivity index (χ0) is 11.9. The van der Waals surface area contributed by atoms with Crippen molar-refractivity contribution in [2.75, 3.05) is 19.0 Å². The van der Waals surface area contributed by atoms with Gasteiger partial charge in [0.15, 0.2) is 0 Å². The van der Waals surface area contributed by atoms with Crippen LogP contribution in [0.5, 0.6) is 0 Å². The maximum absolute atomic E-state index is 6.25. The molecular weight excluding hydrogens is 222 g/mol. The van der Waals surface area contributed by atoms with E-state index in [1.807, 2.05) is 42.0 Å². The zero-order valence-electron chi connectivity index (χ0n) is 10.0. The molecule has 0 aromatic carbocycles. The fourth-order valence-corrected chi connectivity index (χ4v) is 2.10. The van der Waals surface area contributed by atoms with Crippen molar-refractivity contribution in [3.63, 3.8) is 0 Å². The third-order valence-corrected chi connectivity index (χ3v) is 3.02. The second-order valence-corrected chi connectivity index (χ2v) is 4.89. The number of fused-ring (bicyclic) bond motifs is 1. The predicted octanol–water partition coefficient (Wildman–Crippen LogP) is 3.18. The van der Waals surface area contributed by atoms with Gasteiger partial charge in [-0.25, -0.2) is 4.52 Å². The highest BCUT2D eigenvalue weighted by Crippen LogP contribution is 2.29. The van der Waals surface area contributed by atoms with E-state index >= 15 is 0 Å². The standard InChI is InChI=1S/C12H16ClN3/c1-8(2)9-6-14-16-7-12(15(3)4)10(13)5-11(9)16/h5-8H,1-4H3. The largest absolute Gasteiger partial charge is 0.375 e. The molecule has 0 saturated carbocycles. The van der Waals surface area contributed by atoms with Gasteiger partial charge >= 0.3 is 0 Å². The third-order valence-electron chi connectivity index (χ3n) is 2.72. The number of hydrogen-bond acceptors (Lipinski definition) is 2. The highest BCUT2D eigenvalue weighted by Gasteiger charge is 2.11. The van der Waals surface area contributed by atoms with Crippen molar-refractivity contribution in [2.24, 2.45) is 0 Å². The highest BCUT2D eigenvalue weighted by atomic mass is 35.5. The van der Waals surface area contributed by atoms with Gasteiger partial charge in [0.05, 0.1) is 28.6 Å². The van der Waals surface area contributed by atoms with Crippen LogP contribution in [0.2, 0.25) is 5.02 Å². The molecule has 0 spiro atoms. The van der Waals surface area contributed by atoms with E-state index in [9.17, 15) is 0 Å². The molecule has 0 aliphatic carbocycles. The molecule has 2 aromatic heterocycles. The number of aromatic nitrogens is 2. The molecule has 0 radical (unpaired) electrons. The van der Waals surface area contributed by atoms with Gasteiger partial charge in [0.25, 0.3) is 0 Å². The average molecular weight is 238 g/mol.